The summed E-state index contributed by atoms with van der Waals surface area (Å²) in [5.74, 6) is 0.536. The molecule has 6 nitrogen and oxygen atoms in total. The average molecular weight is 490 g/mol. The SMILES string of the molecule is CC(Oc1ccc(N)c(C(=N)/C=C/c2ccc(N)cn2)c1)c1c(Cl)cncc1Cl.CSC. The molecule has 32 heavy (non-hydrogen) atoms. The number of ether oxygens (including phenoxy) is 1. The number of thioether (sulfide) groups is 1. The van der Waals surface area contributed by atoms with Crippen molar-refractivity contribution >= 4 is 58.1 Å². The number of allylic oxidation sites excluding steroid dienone is 1. The van der Waals surface area contributed by atoms with Crippen molar-refractivity contribution in [3.05, 3.63) is 81.9 Å². The van der Waals surface area contributed by atoms with Crippen molar-refractivity contribution in [2.75, 3.05) is 24.0 Å². The molecular formula is C23H25Cl2N5OS. The van der Waals surface area contributed by atoms with Gasteiger partial charge in [-0.15, -0.1) is 0 Å². The van der Waals surface area contributed by atoms with Crippen molar-refractivity contribution in [2.45, 2.75) is 13.0 Å². The van der Waals surface area contributed by atoms with Crippen molar-refractivity contribution in [1.82, 2.24) is 9.97 Å². The molecule has 3 aromatic rings. The topological polar surface area (TPSA) is 111 Å². The minimum Gasteiger partial charge on any atom is -0.486 e. The molecule has 168 valence electrons. The minimum absolute atomic E-state index is 0.221. The van der Waals surface area contributed by atoms with E-state index in [2.05, 4.69) is 9.97 Å². The first-order valence-electron chi connectivity index (χ1n) is 9.50. The Morgan fingerprint density at radius 1 is 1.09 bits per heavy atom. The second-order valence-corrected chi connectivity index (χ2v) is 8.33. The molecule has 1 unspecified atom stereocenters. The van der Waals surface area contributed by atoms with Gasteiger partial charge in [0.15, 0.2) is 0 Å². The fourth-order valence-electron chi connectivity index (χ4n) is 2.69. The molecular weight excluding hydrogens is 465 g/mol. The minimum atomic E-state index is -0.418. The van der Waals surface area contributed by atoms with Crippen LogP contribution in [0.25, 0.3) is 6.08 Å². The van der Waals surface area contributed by atoms with Crippen LogP contribution in [-0.4, -0.2) is 28.2 Å². The molecule has 0 spiro atoms. The number of halogens is 2. The highest BCUT2D eigenvalue weighted by atomic mass is 35.5. The van der Waals surface area contributed by atoms with E-state index in [1.807, 2.05) is 19.4 Å². The summed E-state index contributed by atoms with van der Waals surface area (Å²) in [5.41, 5.74) is 14.8. The molecule has 2 heterocycles. The number of nitrogens with two attached hydrogens (primary N) is 2. The largest absolute Gasteiger partial charge is 0.486 e. The third kappa shape index (κ3) is 7.15. The Labute approximate surface area is 202 Å². The average Bonchev–Trinajstić information content (AvgIpc) is 2.75. The maximum atomic E-state index is 8.35. The van der Waals surface area contributed by atoms with Crippen molar-refractivity contribution < 1.29 is 4.74 Å². The van der Waals surface area contributed by atoms with Gasteiger partial charge in [-0.1, -0.05) is 23.2 Å². The van der Waals surface area contributed by atoms with E-state index in [0.29, 0.717) is 44.0 Å². The molecule has 9 heteroatoms. The zero-order valence-corrected chi connectivity index (χ0v) is 20.3. The predicted octanol–water partition coefficient (Wildman–Crippen LogP) is 6.15. The lowest BCUT2D eigenvalue weighted by molar-refractivity contribution is 0.227. The Hall–Kier alpha value is -2.74. The third-order valence-electron chi connectivity index (χ3n) is 4.15. The summed E-state index contributed by atoms with van der Waals surface area (Å²) in [6.45, 7) is 1.83. The highest BCUT2D eigenvalue weighted by Crippen LogP contribution is 2.33. The molecule has 0 amide bonds. The second kappa shape index (κ2) is 12.3. The molecule has 0 saturated carbocycles. The summed E-state index contributed by atoms with van der Waals surface area (Å²) in [6, 6.07) is 8.65. The number of pyridine rings is 2. The van der Waals surface area contributed by atoms with E-state index >= 15 is 0 Å². The maximum absolute atomic E-state index is 8.35. The quantitative estimate of drug-likeness (QED) is 0.282. The first-order valence-corrected chi connectivity index (χ1v) is 11.9. The van der Waals surface area contributed by atoms with Crippen LogP contribution < -0.4 is 16.2 Å². The standard InChI is InChI=1S/C21H19Cl2N5O.C2H6S/c1-12(21-17(22)10-27-11-18(21)23)29-15-5-7-20(26)16(8-15)19(25)6-4-14-3-2-13(24)9-28-14;1-3-2/h2-12,25H,24,26H2,1H3;1-2H3/b6-4+,25-19?;. The molecule has 5 N–H and O–H groups in total. The summed E-state index contributed by atoms with van der Waals surface area (Å²) >= 11 is 14.2. The molecule has 2 aromatic heterocycles. The lowest BCUT2D eigenvalue weighted by Crippen LogP contribution is -2.07. The zero-order chi connectivity index (χ0) is 23.7. The molecule has 1 atom stereocenters. The van der Waals surface area contributed by atoms with E-state index in [1.165, 1.54) is 12.4 Å². The van der Waals surface area contributed by atoms with Gasteiger partial charge in [-0.05, 0) is 61.9 Å². The van der Waals surface area contributed by atoms with Crippen LogP contribution in [0.3, 0.4) is 0 Å². The Morgan fingerprint density at radius 2 is 1.75 bits per heavy atom. The van der Waals surface area contributed by atoms with Crippen LogP contribution in [0, 0.1) is 5.41 Å². The molecule has 0 fully saturated rings. The molecule has 3 rings (SSSR count). The smallest absolute Gasteiger partial charge is 0.124 e. The number of benzene rings is 1. The molecule has 1 aromatic carbocycles. The van der Waals surface area contributed by atoms with Crippen LogP contribution in [0.5, 0.6) is 5.75 Å². The van der Waals surface area contributed by atoms with Gasteiger partial charge in [-0.25, -0.2) is 0 Å². The van der Waals surface area contributed by atoms with Crippen LogP contribution in [-0.2, 0) is 0 Å². The molecule has 0 aliphatic carbocycles. The van der Waals surface area contributed by atoms with Crippen molar-refractivity contribution in [3.63, 3.8) is 0 Å². The van der Waals surface area contributed by atoms with Crippen LogP contribution in [0.15, 0.2) is 55.0 Å². The Kier molecular flexibility index (Phi) is 9.84. The Bertz CT molecular complexity index is 1070. The zero-order valence-electron chi connectivity index (χ0n) is 18.0. The number of nitrogens with zero attached hydrogens (tertiary/aromatic N) is 2. The fourth-order valence-corrected chi connectivity index (χ4v) is 3.36. The number of aromatic nitrogens is 2. The van der Waals surface area contributed by atoms with Gasteiger partial charge in [0.25, 0.3) is 0 Å². The van der Waals surface area contributed by atoms with Gasteiger partial charge in [0.1, 0.15) is 11.9 Å². The van der Waals surface area contributed by atoms with Crippen molar-refractivity contribution in [1.29, 1.82) is 5.41 Å². The van der Waals surface area contributed by atoms with Gasteiger partial charge in [0, 0.05) is 29.2 Å². The number of nitrogens with one attached hydrogen (secondary N) is 1. The van der Waals surface area contributed by atoms with Gasteiger partial charge in [0.2, 0.25) is 0 Å². The van der Waals surface area contributed by atoms with E-state index in [9.17, 15) is 0 Å². The highest BCUT2D eigenvalue weighted by Gasteiger charge is 2.16. The van der Waals surface area contributed by atoms with E-state index in [-0.39, 0.29) is 5.71 Å². The summed E-state index contributed by atoms with van der Waals surface area (Å²) < 4.78 is 5.98. The summed E-state index contributed by atoms with van der Waals surface area (Å²) in [5, 5.41) is 9.20. The van der Waals surface area contributed by atoms with Crippen molar-refractivity contribution in [3.8, 4) is 5.75 Å². The summed E-state index contributed by atoms with van der Waals surface area (Å²) in [6.07, 6.45) is 11.6. The molecule has 0 aliphatic rings. The maximum Gasteiger partial charge on any atom is 0.124 e. The first-order chi connectivity index (χ1) is 15.3. The molecule has 0 aliphatic heterocycles. The lowest BCUT2D eigenvalue weighted by Gasteiger charge is -2.18. The number of nitrogen functional groups attached to an aromatic ring is 2. The fraction of sp³-hybridized carbons (Fsp3) is 0.174. The van der Waals surface area contributed by atoms with Gasteiger partial charge in [-0.3, -0.25) is 9.97 Å². The number of rotatable bonds is 6. The molecule has 0 saturated heterocycles. The lowest BCUT2D eigenvalue weighted by atomic mass is 10.1. The van der Waals surface area contributed by atoms with Gasteiger partial charge < -0.3 is 21.6 Å². The van der Waals surface area contributed by atoms with E-state index < -0.39 is 6.10 Å². The third-order valence-corrected chi connectivity index (χ3v) is 4.76. The number of hydrogen-bond donors (Lipinski definition) is 3. The van der Waals surface area contributed by atoms with Crippen molar-refractivity contribution in [2.24, 2.45) is 0 Å². The second-order valence-electron chi connectivity index (χ2n) is 6.70. The van der Waals surface area contributed by atoms with Crippen LogP contribution in [0.1, 0.15) is 29.8 Å². The highest BCUT2D eigenvalue weighted by molar-refractivity contribution is 7.97. The van der Waals surface area contributed by atoms with E-state index in [4.69, 9.17) is 44.8 Å². The molecule has 0 radical (unpaired) electrons. The first kappa shape index (κ1) is 25.5. The van der Waals surface area contributed by atoms with E-state index in [1.54, 1.807) is 60.4 Å². The summed E-state index contributed by atoms with van der Waals surface area (Å²) in [4.78, 5) is 8.13. The molecule has 0 bridgehead atoms. The normalized spacial score (nSPS) is 11.5. The van der Waals surface area contributed by atoms with Crippen LogP contribution in [0.2, 0.25) is 10.0 Å². The number of hydrogen-bond acceptors (Lipinski definition) is 7. The number of anilines is 2. The van der Waals surface area contributed by atoms with Crippen LogP contribution >= 0.6 is 35.0 Å². The summed E-state index contributed by atoms with van der Waals surface area (Å²) in [7, 11) is 0. The van der Waals surface area contributed by atoms with Crippen LogP contribution in [0.4, 0.5) is 11.4 Å². The predicted molar refractivity (Wildman–Crippen MR) is 138 cm³/mol. The monoisotopic (exact) mass is 489 g/mol. The van der Waals surface area contributed by atoms with E-state index in [0.717, 1.165) is 0 Å². The van der Waals surface area contributed by atoms with Gasteiger partial charge >= 0.3 is 0 Å². The van der Waals surface area contributed by atoms with Gasteiger partial charge in [-0.2, -0.15) is 11.8 Å². The Morgan fingerprint density at radius 3 is 2.34 bits per heavy atom. The Balaban J connectivity index is 0.00000114. The van der Waals surface area contributed by atoms with Gasteiger partial charge in [0.05, 0.1) is 33.3 Å².